The molecule has 0 radical (unpaired) electrons. The highest BCUT2D eigenvalue weighted by Crippen LogP contribution is 2.17. The fraction of sp³-hybridized carbons (Fsp3) is 0.182. The van der Waals surface area contributed by atoms with Crippen molar-refractivity contribution >= 4 is 10.0 Å². The predicted molar refractivity (Wildman–Crippen MR) is 65.5 cm³/mol. The molecule has 0 aliphatic rings. The second kappa shape index (κ2) is 4.79. The number of phenolic OH excluding ortho intramolecular Hbond substituents is 1. The molecule has 0 unspecified atom stereocenters. The van der Waals surface area contributed by atoms with Gasteiger partial charge >= 0.3 is 0 Å². The number of aromatic amines is 1. The molecule has 0 spiro atoms. The molecular weight excluding hydrogens is 254 g/mol. The summed E-state index contributed by atoms with van der Waals surface area (Å²) in [5.74, 6) is 0.0594. The number of hydrogen-bond donors (Lipinski definition) is 3. The summed E-state index contributed by atoms with van der Waals surface area (Å²) in [6.07, 6.45) is 1.25. The quantitative estimate of drug-likeness (QED) is 0.767. The Hall–Kier alpha value is -1.86. The van der Waals surface area contributed by atoms with Gasteiger partial charge in [0.2, 0.25) is 10.0 Å². The van der Waals surface area contributed by atoms with Crippen LogP contribution in [0.1, 0.15) is 11.3 Å². The second-order valence-electron chi connectivity index (χ2n) is 3.81. The minimum Gasteiger partial charge on any atom is -0.508 e. The van der Waals surface area contributed by atoms with Crippen LogP contribution < -0.4 is 4.72 Å². The molecule has 0 aliphatic heterocycles. The number of H-pyrrole nitrogens is 1. The smallest absolute Gasteiger partial charge is 0.244 e. The van der Waals surface area contributed by atoms with Gasteiger partial charge in [0.05, 0.1) is 11.9 Å². The van der Waals surface area contributed by atoms with E-state index in [9.17, 15) is 13.5 Å². The van der Waals surface area contributed by atoms with E-state index in [0.717, 1.165) is 0 Å². The molecule has 3 N–H and O–H groups in total. The third kappa shape index (κ3) is 2.52. The van der Waals surface area contributed by atoms with Crippen molar-refractivity contribution in [2.45, 2.75) is 18.4 Å². The van der Waals surface area contributed by atoms with Crippen molar-refractivity contribution in [1.82, 2.24) is 14.9 Å². The highest BCUT2D eigenvalue weighted by molar-refractivity contribution is 7.89. The van der Waals surface area contributed by atoms with Gasteiger partial charge in [-0.1, -0.05) is 18.2 Å². The molecule has 6 nitrogen and oxygen atoms in total. The van der Waals surface area contributed by atoms with Gasteiger partial charge in [0.15, 0.2) is 0 Å². The fourth-order valence-electron chi connectivity index (χ4n) is 1.52. The van der Waals surface area contributed by atoms with Crippen molar-refractivity contribution < 1.29 is 13.5 Å². The number of nitrogens with one attached hydrogen (secondary N) is 2. The van der Waals surface area contributed by atoms with Gasteiger partial charge in [-0.2, -0.15) is 5.10 Å². The van der Waals surface area contributed by atoms with Gasteiger partial charge in [0.1, 0.15) is 10.6 Å². The van der Waals surface area contributed by atoms with Gasteiger partial charge in [-0.15, -0.1) is 0 Å². The maximum Gasteiger partial charge on any atom is 0.244 e. The number of rotatable bonds is 4. The average molecular weight is 267 g/mol. The lowest BCUT2D eigenvalue weighted by Crippen LogP contribution is -2.23. The molecule has 0 amide bonds. The third-order valence-electron chi connectivity index (χ3n) is 2.52. The molecule has 0 atom stereocenters. The van der Waals surface area contributed by atoms with Crippen molar-refractivity contribution in [3.8, 4) is 5.75 Å². The molecule has 0 saturated heterocycles. The summed E-state index contributed by atoms with van der Waals surface area (Å²) in [7, 11) is -3.62. The number of aryl methyl sites for hydroxylation is 1. The number of nitrogens with zero attached hydrogens (tertiary/aromatic N) is 1. The van der Waals surface area contributed by atoms with Crippen molar-refractivity contribution in [3.05, 3.63) is 41.7 Å². The van der Waals surface area contributed by atoms with Gasteiger partial charge in [0, 0.05) is 12.1 Å². The Bertz CT molecular complexity index is 649. The van der Waals surface area contributed by atoms with E-state index in [-0.39, 0.29) is 17.2 Å². The molecule has 1 heterocycles. The number of aromatic hydroxyl groups is 1. The molecule has 0 saturated carbocycles. The number of aromatic nitrogens is 2. The molecule has 0 fully saturated rings. The van der Waals surface area contributed by atoms with E-state index in [1.807, 2.05) is 0 Å². The number of hydrogen-bond acceptors (Lipinski definition) is 4. The SMILES string of the molecule is Cc1[nH]ncc1S(=O)(=O)NCc1ccccc1O. The third-order valence-corrected chi connectivity index (χ3v) is 4.03. The lowest BCUT2D eigenvalue weighted by Gasteiger charge is -2.07. The van der Waals surface area contributed by atoms with Gasteiger partial charge < -0.3 is 5.11 Å². The molecule has 2 rings (SSSR count). The largest absolute Gasteiger partial charge is 0.508 e. The molecule has 2 aromatic rings. The fourth-order valence-corrected chi connectivity index (χ4v) is 2.66. The van der Waals surface area contributed by atoms with E-state index in [2.05, 4.69) is 14.9 Å². The van der Waals surface area contributed by atoms with Crippen LogP contribution >= 0.6 is 0 Å². The maximum absolute atomic E-state index is 11.9. The maximum atomic E-state index is 11.9. The Kier molecular flexibility index (Phi) is 3.35. The van der Waals surface area contributed by atoms with Crippen molar-refractivity contribution in [2.75, 3.05) is 0 Å². The Morgan fingerprint density at radius 3 is 2.72 bits per heavy atom. The van der Waals surface area contributed by atoms with Gasteiger partial charge in [-0.05, 0) is 13.0 Å². The van der Waals surface area contributed by atoms with Gasteiger partial charge in [0.25, 0.3) is 0 Å². The topological polar surface area (TPSA) is 95.1 Å². The van der Waals surface area contributed by atoms with Crippen LogP contribution in [-0.2, 0) is 16.6 Å². The molecule has 1 aromatic heterocycles. The zero-order valence-corrected chi connectivity index (χ0v) is 10.5. The summed E-state index contributed by atoms with van der Waals surface area (Å²) in [4.78, 5) is 0.109. The Morgan fingerprint density at radius 2 is 2.11 bits per heavy atom. The highest BCUT2D eigenvalue weighted by Gasteiger charge is 2.18. The van der Waals surface area contributed by atoms with Crippen LogP contribution in [0, 0.1) is 6.92 Å². The summed E-state index contributed by atoms with van der Waals surface area (Å²) in [6, 6.07) is 6.56. The van der Waals surface area contributed by atoms with Crippen molar-refractivity contribution in [2.24, 2.45) is 0 Å². The van der Waals surface area contributed by atoms with Crippen molar-refractivity contribution in [1.29, 1.82) is 0 Å². The monoisotopic (exact) mass is 267 g/mol. The number of phenols is 1. The van der Waals surface area contributed by atoms with Gasteiger partial charge in [-0.3, -0.25) is 5.10 Å². The lowest BCUT2D eigenvalue weighted by molar-refractivity contribution is 0.467. The minimum atomic E-state index is -3.62. The van der Waals surface area contributed by atoms with Crippen LogP contribution in [0.3, 0.4) is 0 Å². The predicted octanol–water partition coefficient (Wildman–Crippen LogP) is 0.902. The second-order valence-corrected chi connectivity index (χ2v) is 5.55. The van der Waals surface area contributed by atoms with Crippen LogP contribution in [0.2, 0.25) is 0 Å². The first-order valence-corrected chi connectivity index (χ1v) is 6.75. The Balaban J connectivity index is 2.16. The van der Waals surface area contributed by atoms with E-state index >= 15 is 0 Å². The van der Waals surface area contributed by atoms with Crippen LogP contribution in [0.5, 0.6) is 5.75 Å². The van der Waals surface area contributed by atoms with Crippen LogP contribution in [0.25, 0.3) is 0 Å². The zero-order chi connectivity index (χ0) is 13.2. The van der Waals surface area contributed by atoms with Crippen LogP contribution in [0.4, 0.5) is 0 Å². The van der Waals surface area contributed by atoms with E-state index in [1.165, 1.54) is 12.3 Å². The normalized spacial score (nSPS) is 11.6. The van der Waals surface area contributed by atoms with E-state index in [1.54, 1.807) is 25.1 Å². The van der Waals surface area contributed by atoms with Crippen molar-refractivity contribution in [3.63, 3.8) is 0 Å². The zero-order valence-electron chi connectivity index (χ0n) is 9.71. The van der Waals surface area contributed by atoms with E-state index in [4.69, 9.17) is 0 Å². The molecule has 7 heteroatoms. The molecular formula is C11H13N3O3S. The number of para-hydroxylation sites is 1. The summed E-state index contributed by atoms with van der Waals surface area (Å²) in [5.41, 5.74) is 0.988. The van der Waals surface area contributed by atoms with E-state index < -0.39 is 10.0 Å². The molecule has 18 heavy (non-hydrogen) atoms. The summed E-state index contributed by atoms with van der Waals surface area (Å²) in [6.45, 7) is 1.65. The molecule has 0 aliphatic carbocycles. The van der Waals surface area contributed by atoms with Gasteiger partial charge in [-0.25, -0.2) is 13.1 Å². The summed E-state index contributed by atoms with van der Waals surface area (Å²) in [5, 5.41) is 15.8. The van der Waals surface area contributed by atoms with Crippen LogP contribution in [-0.4, -0.2) is 23.7 Å². The average Bonchev–Trinajstić information content (AvgIpc) is 2.75. The Morgan fingerprint density at radius 1 is 1.39 bits per heavy atom. The minimum absolute atomic E-state index is 0.0274. The number of benzene rings is 1. The summed E-state index contributed by atoms with van der Waals surface area (Å²) >= 11 is 0. The molecule has 1 aromatic carbocycles. The standard InChI is InChI=1S/C11H13N3O3S/c1-8-11(7-12-14-8)18(16,17)13-6-9-4-2-3-5-10(9)15/h2-5,7,13,15H,6H2,1H3,(H,12,14). The number of sulfonamides is 1. The van der Waals surface area contributed by atoms with Crippen LogP contribution in [0.15, 0.2) is 35.4 Å². The first kappa shape index (κ1) is 12.6. The Labute approximate surface area is 105 Å². The molecule has 96 valence electrons. The lowest BCUT2D eigenvalue weighted by atomic mass is 10.2. The first-order valence-electron chi connectivity index (χ1n) is 5.27. The summed E-state index contributed by atoms with van der Waals surface area (Å²) < 4.78 is 26.3. The van der Waals surface area contributed by atoms with E-state index in [0.29, 0.717) is 11.3 Å². The first-order chi connectivity index (χ1) is 8.50. The highest BCUT2D eigenvalue weighted by atomic mass is 32.2. The molecule has 0 bridgehead atoms.